The number of hydrogen-bond acceptors (Lipinski definition) is 7. The Morgan fingerprint density at radius 3 is 2.43 bits per heavy atom. The molecule has 12 heteroatoms. The molecule has 2 fully saturated rings. The summed E-state index contributed by atoms with van der Waals surface area (Å²) < 4.78 is 33.4. The fourth-order valence-corrected chi connectivity index (χ4v) is 6.29. The molecule has 0 spiro atoms. The molecule has 1 aromatic carbocycles. The molecule has 1 amide bonds. The van der Waals surface area contributed by atoms with Gasteiger partial charge in [-0.15, -0.1) is 12.4 Å². The number of aryl methyl sites for hydroxylation is 1. The molecule has 2 aliphatic rings. The minimum atomic E-state index is -3.50. The topological polar surface area (TPSA) is 99.9 Å². The summed E-state index contributed by atoms with van der Waals surface area (Å²) in [5, 5.41) is 4.06. The SMILES string of the molecule is CN(C(=O)CCc1nc(CN2CCN(S(=O)(=O)c3ccc(Br)cc3)CC2)no1)C1CCCCC1.Cl. The number of carbonyl (C=O) groups excluding carboxylic acids is 1. The third-order valence-corrected chi connectivity index (χ3v) is 9.17. The van der Waals surface area contributed by atoms with Gasteiger partial charge in [-0.2, -0.15) is 9.29 Å². The second-order valence-corrected chi connectivity index (χ2v) is 11.9. The van der Waals surface area contributed by atoms with Crippen LogP contribution in [-0.2, 0) is 27.8 Å². The molecule has 2 heterocycles. The lowest BCUT2D eigenvalue weighted by molar-refractivity contribution is -0.132. The van der Waals surface area contributed by atoms with Gasteiger partial charge in [0.1, 0.15) is 0 Å². The Kier molecular flexibility index (Phi) is 10.1. The van der Waals surface area contributed by atoms with Crippen LogP contribution in [0.3, 0.4) is 0 Å². The van der Waals surface area contributed by atoms with Crippen LogP contribution in [0.25, 0.3) is 0 Å². The van der Waals surface area contributed by atoms with E-state index in [2.05, 4.69) is 31.0 Å². The van der Waals surface area contributed by atoms with Crippen molar-refractivity contribution < 1.29 is 17.7 Å². The van der Waals surface area contributed by atoms with Gasteiger partial charge in [0.15, 0.2) is 5.82 Å². The van der Waals surface area contributed by atoms with Gasteiger partial charge in [0, 0.05) is 56.6 Å². The van der Waals surface area contributed by atoms with Crippen LogP contribution < -0.4 is 0 Å². The third kappa shape index (κ3) is 7.25. The molecule has 0 unspecified atom stereocenters. The van der Waals surface area contributed by atoms with E-state index in [4.69, 9.17) is 4.52 Å². The minimum absolute atomic E-state index is 0. The lowest BCUT2D eigenvalue weighted by atomic mass is 9.94. The van der Waals surface area contributed by atoms with Gasteiger partial charge in [-0.1, -0.05) is 40.3 Å². The Bertz CT molecular complexity index is 1070. The number of carbonyl (C=O) groups is 1. The molecule has 1 aliphatic heterocycles. The number of benzene rings is 1. The van der Waals surface area contributed by atoms with Crippen molar-refractivity contribution in [3.8, 4) is 0 Å². The van der Waals surface area contributed by atoms with Crippen molar-refractivity contribution in [3.63, 3.8) is 0 Å². The quantitative estimate of drug-likeness (QED) is 0.464. The average molecular weight is 591 g/mol. The summed E-state index contributed by atoms with van der Waals surface area (Å²) in [7, 11) is -1.60. The summed E-state index contributed by atoms with van der Waals surface area (Å²) in [5.74, 6) is 1.15. The van der Waals surface area contributed by atoms with Crippen molar-refractivity contribution in [2.24, 2.45) is 0 Å². The molecule has 0 atom stereocenters. The molecule has 1 aliphatic carbocycles. The molecule has 194 valence electrons. The highest BCUT2D eigenvalue weighted by molar-refractivity contribution is 9.10. The predicted octanol–water partition coefficient (Wildman–Crippen LogP) is 3.48. The maximum absolute atomic E-state index is 12.9. The van der Waals surface area contributed by atoms with Gasteiger partial charge < -0.3 is 9.42 Å². The van der Waals surface area contributed by atoms with Crippen LogP contribution in [0.2, 0.25) is 0 Å². The van der Waals surface area contributed by atoms with Crippen LogP contribution in [-0.4, -0.2) is 77.8 Å². The maximum Gasteiger partial charge on any atom is 0.243 e. The van der Waals surface area contributed by atoms with E-state index in [0.29, 0.717) is 68.2 Å². The van der Waals surface area contributed by atoms with E-state index in [0.717, 1.165) is 17.3 Å². The van der Waals surface area contributed by atoms with Gasteiger partial charge >= 0.3 is 0 Å². The Labute approximate surface area is 221 Å². The number of piperazine rings is 1. The van der Waals surface area contributed by atoms with E-state index in [-0.39, 0.29) is 18.3 Å². The first-order valence-electron chi connectivity index (χ1n) is 11.9. The van der Waals surface area contributed by atoms with Crippen LogP contribution >= 0.6 is 28.3 Å². The van der Waals surface area contributed by atoms with Crippen LogP contribution in [0.4, 0.5) is 0 Å². The van der Waals surface area contributed by atoms with Gasteiger partial charge in [0.2, 0.25) is 21.8 Å². The second-order valence-electron chi connectivity index (χ2n) is 9.03. The first kappa shape index (κ1) is 28.0. The monoisotopic (exact) mass is 589 g/mol. The van der Waals surface area contributed by atoms with E-state index in [1.54, 1.807) is 24.3 Å². The second kappa shape index (κ2) is 12.6. The number of nitrogens with zero attached hydrogens (tertiary/aromatic N) is 5. The molecule has 9 nitrogen and oxygen atoms in total. The summed E-state index contributed by atoms with van der Waals surface area (Å²) in [5.41, 5.74) is 0. The molecule has 2 aromatic rings. The van der Waals surface area contributed by atoms with Gasteiger partial charge in [0.05, 0.1) is 11.4 Å². The van der Waals surface area contributed by atoms with Crippen LogP contribution in [0.1, 0.15) is 50.2 Å². The Balaban J connectivity index is 0.00000342. The largest absolute Gasteiger partial charge is 0.343 e. The van der Waals surface area contributed by atoms with Crippen LogP contribution in [0.15, 0.2) is 38.2 Å². The van der Waals surface area contributed by atoms with Crippen LogP contribution in [0.5, 0.6) is 0 Å². The van der Waals surface area contributed by atoms with E-state index in [1.165, 1.54) is 23.6 Å². The minimum Gasteiger partial charge on any atom is -0.343 e. The smallest absolute Gasteiger partial charge is 0.243 e. The molecule has 0 bridgehead atoms. The van der Waals surface area contributed by atoms with Gasteiger partial charge in [-0.3, -0.25) is 9.69 Å². The molecule has 1 saturated heterocycles. The molecular formula is C23H33BrClN5O4S. The summed E-state index contributed by atoms with van der Waals surface area (Å²) >= 11 is 3.34. The molecule has 0 radical (unpaired) electrons. The number of sulfonamides is 1. The molecular weight excluding hydrogens is 558 g/mol. The standard InChI is InChI=1S/C23H32BrN5O4S.ClH/c1-27(19-5-3-2-4-6-19)23(30)12-11-22-25-21(26-33-22)17-28-13-15-29(16-14-28)34(31,32)20-9-7-18(24)8-10-20;/h7-10,19H,2-6,11-17H2,1H3;1H. The molecule has 0 N–H and O–H groups in total. The first-order chi connectivity index (χ1) is 16.3. The zero-order chi connectivity index (χ0) is 24.1. The average Bonchev–Trinajstić information content (AvgIpc) is 3.30. The number of halogens is 2. The first-order valence-corrected chi connectivity index (χ1v) is 14.1. The number of aromatic nitrogens is 2. The highest BCUT2D eigenvalue weighted by Gasteiger charge is 2.29. The number of rotatable bonds is 8. The zero-order valence-corrected chi connectivity index (χ0v) is 23.2. The lowest BCUT2D eigenvalue weighted by Gasteiger charge is -2.33. The summed E-state index contributed by atoms with van der Waals surface area (Å²) in [6, 6.07) is 7.05. The molecule has 1 saturated carbocycles. The fraction of sp³-hybridized carbons (Fsp3) is 0.609. The number of hydrogen-bond donors (Lipinski definition) is 0. The van der Waals surface area contributed by atoms with E-state index >= 15 is 0 Å². The highest BCUT2D eigenvalue weighted by Crippen LogP contribution is 2.23. The van der Waals surface area contributed by atoms with Crippen molar-refractivity contribution in [1.29, 1.82) is 0 Å². The van der Waals surface area contributed by atoms with Crippen molar-refractivity contribution in [2.45, 2.75) is 62.4 Å². The van der Waals surface area contributed by atoms with Crippen molar-refractivity contribution >= 4 is 44.3 Å². The Morgan fingerprint density at radius 2 is 1.77 bits per heavy atom. The van der Waals surface area contributed by atoms with Crippen molar-refractivity contribution in [2.75, 3.05) is 33.2 Å². The summed E-state index contributed by atoms with van der Waals surface area (Å²) in [6.07, 6.45) is 6.62. The van der Waals surface area contributed by atoms with Gasteiger partial charge in [0.25, 0.3) is 0 Å². The van der Waals surface area contributed by atoms with E-state index in [9.17, 15) is 13.2 Å². The Morgan fingerprint density at radius 1 is 1.11 bits per heavy atom. The van der Waals surface area contributed by atoms with Gasteiger partial charge in [-0.25, -0.2) is 8.42 Å². The predicted molar refractivity (Wildman–Crippen MR) is 138 cm³/mol. The summed E-state index contributed by atoms with van der Waals surface area (Å²) in [6.45, 7) is 2.48. The van der Waals surface area contributed by atoms with Gasteiger partial charge in [-0.05, 0) is 37.1 Å². The fourth-order valence-electron chi connectivity index (χ4n) is 4.60. The zero-order valence-electron chi connectivity index (χ0n) is 19.9. The maximum atomic E-state index is 12.9. The third-order valence-electron chi connectivity index (χ3n) is 6.73. The normalized spacial score (nSPS) is 18.2. The number of amides is 1. The summed E-state index contributed by atoms with van der Waals surface area (Å²) in [4.78, 5) is 21.3. The van der Waals surface area contributed by atoms with E-state index < -0.39 is 10.0 Å². The van der Waals surface area contributed by atoms with E-state index in [1.807, 2.05) is 11.9 Å². The van der Waals surface area contributed by atoms with Crippen molar-refractivity contribution in [3.05, 3.63) is 40.5 Å². The highest BCUT2D eigenvalue weighted by atomic mass is 79.9. The Hall–Kier alpha value is -1.53. The molecule has 1 aromatic heterocycles. The lowest BCUT2D eigenvalue weighted by Crippen LogP contribution is -2.48. The van der Waals surface area contributed by atoms with Crippen molar-refractivity contribution in [1.82, 2.24) is 24.2 Å². The molecule has 35 heavy (non-hydrogen) atoms. The van der Waals surface area contributed by atoms with Crippen LogP contribution in [0, 0.1) is 0 Å². The molecule has 4 rings (SSSR count).